The van der Waals surface area contributed by atoms with Gasteiger partial charge in [-0.05, 0) is 36.5 Å². The first-order valence-electron chi connectivity index (χ1n) is 6.64. The van der Waals surface area contributed by atoms with E-state index in [-0.39, 0.29) is 5.04 Å². The van der Waals surface area contributed by atoms with Crippen molar-refractivity contribution in [3.63, 3.8) is 0 Å². The summed E-state index contributed by atoms with van der Waals surface area (Å²) in [6.45, 7) is 11.2. The topological polar surface area (TPSA) is 21.6 Å². The molecule has 0 fully saturated rings. The van der Waals surface area contributed by atoms with E-state index in [1.54, 1.807) is 0 Å². The third kappa shape index (κ3) is 2.51. The zero-order chi connectivity index (χ0) is 13.4. The first kappa shape index (κ1) is 13.3. The highest BCUT2D eigenvalue weighted by Crippen LogP contribution is 2.37. The highest BCUT2D eigenvalue weighted by atomic mass is 28.4. The molecule has 0 saturated carbocycles. The number of hydrogen-bond acceptors (Lipinski definition) is 2. The molecule has 0 radical (unpaired) electrons. The van der Waals surface area contributed by atoms with Crippen LogP contribution in [0.3, 0.4) is 0 Å². The van der Waals surface area contributed by atoms with Crippen LogP contribution in [0.5, 0.6) is 0 Å². The van der Waals surface area contributed by atoms with E-state index in [9.17, 15) is 0 Å². The van der Waals surface area contributed by atoms with Crippen LogP contribution in [0.4, 0.5) is 0 Å². The molecule has 0 spiro atoms. The second kappa shape index (κ2) is 4.54. The largest absolute Gasteiger partial charge is 0.455 e. The third-order valence-corrected chi connectivity index (χ3v) is 8.31. The quantitative estimate of drug-likeness (QED) is 0.572. The van der Waals surface area contributed by atoms with Gasteiger partial charge >= 0.3 is 0 Å². The Morgan fingerprint density at radius 3 is 2.44 bits per heavy atom. The standard InChI is InChI=1S/C15H23NOSi/c1-15(2,3)18(4,5)17-16-14-11-10-12-8-6-7-9-13(12)14/h6-9H,10-11H2,1-5H3. The Balaban J connectivity index is 2.18. The van der Waals surface area contributed by atoms with E-state index in [0.717, 1.165) is 18.6 Å². The molecule has 98 valence electrons. The van der Waals surface area contributed by atoms with Gasteiger partial charge in [0.1, 0.15) is 0 Å². The van der Waals surface area contributed by atoms with Gasteiger partial charge in [-0.3, -0.25) is 0 Å². The van der Waals surface area contributed by atoms with Crippen LogP contribution in [-0.2, 0) is 10.9 Å². The van der Waals surface area contributed by atoms with Crippen LogP contribution in [0.1, 0.15) is 38.3 Å². The van der Waals surface area contributed by atoms with Crippen molar-refractivity contribution in [2.24, 2.45) is 5.16 Å². The van der Waals surface area contributed by atoms with Gasteiger partial charge in [-0.1, -0.05) is 45.0 Å². The van der Waals surface area contributed by atoms with Crippen molar-refractivity contribution in [2.75, 3.05) is 0 Å². The van der Waals surface area contributed by atoms with E-state index in [0.29, 0.717) is 0 Å². The Kier molecular flexibility index (Phi) is 3.36. The van der Waals surface area contributed by atoms with Gasteiger partial charge in [-0.25, -0.2) is 0 Å². The minimum atomic E-state index is -1.78. The third-order valence-electron chi connectivity index (χ3n) is 4.15. The van der Waals surface area contributed by atoms with Gasteiger partial charge < -0.3 is 4.53 Å². The number of oxime groups is 1. The minimum absolute atomic E-state index is 0.204. The van der Waals surface area contributed by atoms with Crippen molar-refractivity contribution >= 4 is 14.0 Å². The van der Waals surface area contributed by atoms with Gasteiger partial charge in [0.15, 0.2) is 0 Å². The number of hydrogen-bond donors (Lipinski definition) is 0. The predicted molar refractivity (Wildman–Crippen MR) is 79.6 cm³/mol. The number of nitrogens with zero attached hydrogens (tertiary/aromatic N) is 1. The molecular weight excluding hydrogens is 238 g/mol. The van der Waals surface area contributed by atoms with Gasteiger partial charge in [0, 0.05) is 5.56 Å². The number of aryl methyl sites for hydroxylation is 1. The fraction of sp³-hybridized carbons (Fsp3) is 0.533. The van der Waals surface area contributed by atoms with Gasteiger partial charge in [-0.2, -0.15) is 0 Å². The van der Waals surface area contributed by atoms with Gasteiger partial charge in [0.05, 0.1) is 5.71 Å². The molecule has 0 aromatic heterocycles. The van der Waals surface area contributed by atoms with Gasteiger partial charge in [0.2, 0.25) is 0 Å². The van der Waals surface area contributed by atoms with Crippen LogP contribution in [0.15, 0.2) is 29.4 Å². The van der Waals surface area contributed by atoms with Crippen LogP contribution in [0, 0.1) is 0 Å². The summed E-state index contributed by atoms with van der Waals surface area (Å²) in [6.07, 6.45) is 2.10. The van der Waals surface area contributed by atoms with E-state index >= 15 is 0 Å². The van der Waals surface area contributed by atoms with E-state index in [2.05, 4.69) is 63.3 Å². The van der Waals surface area contributed by atoms with Crippen molar-refractivity contribution in [3.05, 3.63) is 35.4 Å². The highest BCUT2D eigenvalue weighted by Gasteiger charge is 2.40. The van der Waals surface area contributed by atoms with E-state index in [1.807, 2.05) is 0 Å². The Hall–Kier alpha value is -1.09. The molecule has 1 aliphatic rings. The molecular formula is C15H23NOSi. The molecule has 0 atom stereocenters. The number of rotatable bonds is 2. The normalized spacial score (nSPS) is 17.9. The Labute approximate surface area is 111 Å². The average Bonchev–Trinajstić information content (AvgIpc) is 2.68. The Bertz CT molecular complexity index is 472. The van der Waals surface area contributed by atoms with Crippen molar-refractivity contribution in [1.82, 2.24) is 0 Å². The molecule has 2 nitrogen and oxygen atoms in total. The van der Waals surface area contributed by atoms with Crippen molar-refractivity contribution in [1.29, 1.82) is 0 Å². The molecule has 1 aromatic rings. The minimum Gasteiger partial charge on any atom is -0.455 e. The summed E-state index contributed by atoms with van der Waals surface area (Å²) in [4.78, 5) is 0. The van der Waals surface area contributed by atoms with Gasteiger partial charge in [0.25, 0.3) is 8.32 Å². The molecule has 0 heterocycles. The lowest BCUT2D eigenvalue weighted by Gasteiger charge is -2.33. The Morgan fingerprint density at radius 2 is 1.78 bits per heavy atom. The summed E-state index contributed by atoms with van der Waals surface area (Å²) < 4.78 is 5.96. The molecule has 2 rings (SSSR count). The van der Waals surface area contributed by atoms with E-state index in [4.69, 9.17) is 4.53 Å². The second-order valence-corrected chi connectivity index (χ2v) is 11.2. The molecule has 0 saturated heterocycles. The Morgan fingerprint density at radius 1 is 1.11 bits per heavy atom. The van der Waals surface area contributed by atoms with E-state index in [1.165, 1.54) is 11.1 Å². The molecule has 0 amide bonds. The molecule has 1 aliphatic carbocycles. The molecule has 0 unspecified atom stereocenters. The maximum absolute atomic E-state index is 5.96. The molecule has 0 bridgehead atoms. The van der Waals surface area contributed by atoms with Crippen LogP contribution >= 0.6 is 0 Å². The SMILES string of the molecule is CC(C)(C)[Si](C)(C)ON=C1CCc2ccccc21. The molecule has 18 heavy (non-hydrogen) atoms. The molecule has 0 aliphatic heterocycles. The smallest absolute Gasteiger partial charge is 0.286 e. The fourth-order valence-electron chi connectivity index (χ4n) is 1.81. The summed E-state index contributed by atoms with van der Waals surface area (Å²) in [6, 6.07) is 8.50. The lowest BCUT2D eigenvalue weighted by atomic mass is 10.1. The molecule has 3 heteroatoms. The maximum Gasteiger partial charge on any atom is 0.286 e. The maximum atomic E-state index is 5.96. The first-order valence-corrected chi connectivity index (χ1v) is 9.55. The summed E-state index contributed by atoms with van der Waals surface area (Å²) in [7, 11) is -1.78. The van der Waals surface area contributed by atoms with E-state index < -0.39 is 8.32 Å². The predicted octanol–water partition coefficient (Wildman–Crippen LogP) is 4.36. The lowest BCUT2D eigenvalue weighted by molar-refractivity contribution is 0.307. The van der Waals surface area contributed by atoms with Crippen molar-refractivity contribution in [3.8, 4) is 0 Å². The van der Waals surface area contributed by atoms with Crippen LogP contribution < -0.4 is 0 Å². The second-order valence-electron chi connectivity index (χ2n) is 6.55. The zero-order valence-electron chi connectivity index (χ0n) is 12.1. The fourth-order valence-corrected chi connectivity index (χ4v) is 2.42. The van der Waals surface area contributed by atoms with Gasteiger partial charge in [-0.15, -0.1) is 5.16 Å². The summed E-state index contributed by atoms with van der Waals surface area (Å²) >= 11 is 0. The first-order chi connectivity index (χ1) is 8.31. The molecule has 1 aromatic carbocycles. The summed E-state index contributed by atoms with van der Waals surface area (Å²) in [5.41, 5.74) is 3.79. The number of fused-ring (bicyclic) bond motifs is 1. The zero-order valence-corrected chi connectivity index (χ0v) is 13.1. The van der Waals surface area contributed by atoms with Crippen LogP contribution in [0.25, 0.3) is 0 Å². The average molecular weight is 261 g/mol. The lowest BCUT2D eigenvalue weighted by Crippen LogP contribution is -2.39. The van der Waals surface area contributed by atoms with Crippen molar-refractivity contribution < 1.29 is 4.53 Å². The van der Waals surface area contributed by atoms with Crippen LogP contribution in [-0.4, -0.2) is 14.0 Å². The van der Waals surface area contributed by atoms with Crippen molar-refractivity contribution in [2.45, 2.75) is 51.7 Å². The monoisotopic (exact) mass is 261 g/mol. The summed E-state index contributed by atoms with van der Waals surface area (Å²) in [5, 5.41) is 4.68. The highest BCUT2D eigenvalue weighted by molar-refractivity contribution is 6.74. The number of benzene rings is 1. The molecule has 0 N–H and O–H groups in total. The summed E-state index contributed by atoms with van der Waals surface area (Å²) in [5.74, 6) is 0. The van der Waals surface area contributed by atoms with Crippen LogP contribution in [0.2, 0.25) is 18.1 Å².